The minimum Gasteiger partial charge on any atom is -0.504 e. The van der Waals surface area contributed by atoms with Crippen LogP contribution in [-0.2, 0) is 18.1 Å². The van der Waals surface area contributed by atoms with Gasteiger partial charge in [-0.15, -0.1) is 0 Å². The molecule has 1 aromatic heterocycles. The van der Waals surface area contributed by atoms with Gasteiger partial charge in [0.25, 0.3) is 18.1 Å². The number of halogens is 2. The second-order valence-electron chi connectivity index (χ2n) is 3.95. The molecule has 0 aliphatic carbocycles. The molecule has 0 fully saturated rings. The van der Waals surface area contributed by atoms with Crippen LogP contribution in [0, 0.1) is 6.92 Å². The van der Waals surface area contributed by atoms with E-state index in [2.05, 4.69) is 4.98 Å². The van der Waals surface area contributed by atoms with E-state index in [0.717, 1.165) is 0 Å². The highest BCUT2D eigenvalue weighted by molar-refractivity contribution is 8.14. The zero-order valence-corrected chi connectivity index (χ0v) is 13.0. The first kappa shape index (κ1) is 15.3. The fourth-order valence-corrected chi connectivity index (χ4v) is 3.79. The number of aromatic hydroxyl groups is 1. The Morgan fingerprint density at radius 1 is 1.05 bits per heavy atom. The van der Waals surface area contributed by atoms with Crippen molar-refractivity contribution in [1.82, 2.24) is 4.98 Å². The van der Waals surface area contributed by atoms with Gasteiger partial charge in [-0.05, 0) is 25.1 Å². The third-order valence-corrected chi connectivity index (χ3v) is 5.24. The quantitative estimate of drug-likeness (QED) is 0.827. The lowest BCUT2D eigenvalue weighted by molar-refractivity contribution is 0.464. The molecule has 1 aromatic carbocycles. The highest BCUT2D eigenvalue weighted by Gasteiger charge is 2.25. The second-order valence-corrected chi connectivity index (χ2v) is 9.01. The molecule has 108 valence electrons. The first-order valence-electron chi connectivity index (χ1n) is 5.04. The van der Waals surface area contributed by atoms with E-state index in [9.17, 15) is 21.9 Å². The van der Waals surface area contributed by atoms with Crippen LogP contribution in [0.25, 0.3) is 10.9 Å². The summed E-state index contributed by atoms with van der Waals surface area (Å²) in [7, 11) is 1.84. The van der Waals surface area contributed by atoms with Crippen molar-refractivity contribution in [3.63, 3.8) is 0 Å². The van der Waals surface area contributed by atoms with E-state index in [1.165, 1.54) is 12.1 Å². The van der Waals surface area contributed by atoms with Crippen molar-refractivity contribution in [2.75, 3.05) is 0 Å². The Hall–Kier alpha value is -1.09. The van der Waals surface area contributed by atoms with Gasteiger partial charge in [0.05, 0.1) is 4.90 Å². The Labute approximate surface area is 123 Å². The molecule has 0 radical (unpaired) electrons. The van der Waals surface area contributed by atoms with Gasteiger partial charge in [0.2, 0.25) is 0 Å². The average Bonchev–Trinajstić information content (AvgIpc) is 2.26. The van der Waals surface area contributed by atoms with Gasteiger partial charge in [-0.3, -0.25) is 0 Å². The Kier molecular flexibility index (Phi) is 3.62. The molecule has 2 aromatic rings. The maximum Gasteiger partial charge on any atom is 0.265 e. The van der Waals surface area contributed by atoms with Gasteiger partial charge < -0.3 is 5.11 Å². The van der Waals surface area contributed by atoms with E-state index in [1.54, 1.807) is 6.92 Å². The molecule has 0 unspecified atom stereocenters. The van der Waals surface area contributed by atoms with Crippen molar-refractivity contribution in [2.24, 2.45) is 0 Å². The maximum atomic E-state index is 11.5. The Morgan fingerprint density at radius 3 is 2.10 bits per heavy atom. The number of pyridine rings is 1. The second kappa shape index (κ2) is 4.73. The van der Waals surface area contributed by atoms with E-state index < -0.39 is 33.6 Å². The van der Waals surface area contributed by atoms with Gasteiger partial charge in [0.1, 0.15) is 10.4 Å². The number of rotatable bonds is 2. The lowest BCUT2D eigenvalue weighted by Gasteiger charge is -2.09. The number of hydrogen-bond acceptors (Lipinski definition) is 6. The first-order valence-corrected chi connectivity index (χ1v) is 9.66. The van der Waals surface area contributed by atoms with Crippen LogP contribution in [0.4, 0.5) is 0 Å². The predicted molar refractivity (Wildman–Crippen MR) is 74.2 cm³/mol. The number of aryl methyl sites for hydroxylation is 1. The molecule has 0 atom stereocenters. The molecule has 0 saturated heterocycles. The molecule has 1 N–H and O–H groups in total. The smallest absolute Gasteiger partial charge is 0.265 e. The molecule has 0 bridgehead atoms. The van der Waals surface area contributed by atoms with Gasteiger partial charge >= 0.3 is 0 Å². The van der Waals surface area contributed by atoms with Crippen molar-refractivity contribution in [1.29, 1.82) is 0 Å². The highest BCUT2D eigenvalue weighted by atomic mass is 35.7. The van der Waals surface area contributed by atoms with Crippen LogP contribution in [0.5, 0.6) is 5.75 Å². The molecule has 0 aliphatic rings. The minimum atomic E-state index is -4.36. The summed E-state index contributed by atoms with van der Waals surface area (Å²) in [6, 6.07) is 3.58. The first-order chi connectivity index (χ1) is 9.01. The van der Waals surface area contributed by atoms with E-state index in [0.29, 0.717) is 11.8 Å². The van der Waals surface area contributed by atoms with Crippen LogP contribution < -0.4 is 0 Å². The number of benzene rings is 1. The van der Waals surface area contributed by atoms with Crippen LogP contribution in [0.3, 0.4) is 0 Å². The molecule has 0 saturated carbocycles. The molecular weight excluding hydrogens is 349 g/mol. The number of nitrogens with zero attached hydrogens (tertiary/aromatic N) is 1. The van der Waals surface area contributed by atoms with Crippen LogP contribution in [0.1, 0.15) is 5.69 Å². The van der Waals surface area contributed by atoms with Crippen LogP contribution in [-0.4, -0.2) is 26.9 Å². The number of fused-ring (bicyclic) bond motifs is 1. The summed E-state index contributed by atoms with van der Waals surface area (Å²) >= 11 is 0. The van der Waals surface area contributed by atoms with Gasteiger partial charge in [0.15, 0.2) is 5.75 Å². The molecule has 0 amide bonds. The van der Waals surface area contributed by atoms with Crippen molar-refractivity contribution in [3.05, 3.63) is 23.9 Å². The van der Waals surface area contributed by atoms with Crippen molar-refractivity contribution in [3.8, 4) is 5.75 Å². The molecule has 2 rings (SSSR count). The Morgan fingerprint density at radius 2 is 1.60 bits per heavy atom. The lowest BCUT2D eigenvalue weighted by Crippen LogP contribution is -2.00. The Balaban J connectivity index is 3.12. The Bertz CT molecular complexity index is 922. The zero-order valence-electron chi connectivity index (χ0n) is 9.83. The number of phenolic OH excluding ortho intramolecular Hbond substituents is 1. The fraction of sp³-hybridized carbons (Fsp3) is 0.100. The molecule has 0 aliphatic heterocycles. The third kappa shape index (κ3) is 2.69. The molecular formula is C10H7Cl2NO5S2. The van der Waals surface area contributed by atoms with Crippen LogP contribution in [0.15, 0.2) is 28.0 Å². The molecule has 10 heteroatoms. The molecule has 1 heterocycles. The van der Waals surface area contributed by atoms with Gasteiger partial charge in [0, 0.05) is 32.4 Å². The van der Waals surface area contributed by atoms with Crippen molar-refractivity contribution >= 4 is 50.4 Å². The fourth-order valence-electron chi connectivity index (χ4n) is 1.71. The summed E-state index contributed by atoms with van der Waals surface area (Å²) < 4.78 is 45.9. The number of hydrogen-bond donors (Lipinski definition) is 1. The number of aromatic nitrogens is 1. The maximum absolute atomic E-state index is 11.5. The van der Waals surface area contributed by atoms with Crippen molar-refractivity contribution < 1.29 is 21.9 Å². The SMILES string of the molecule is Cc1ccc2c(S(=O)(=O)Cl)cc(S(=O)(=O)Cl)c(O)c2n1. The topological polar surface area (TPSA) is 101 Å². The monoisotopic (exact) mass is 355 g/mol. The summed E-state index contributed by atoms with van der Waals surface area (Å²) in [5.74, 6) is -0.720. The van der Waals surface area contributed by atoms with E-state index in [-0.39, 0.29) is 10.9 Å². The molecule has 0 spiro atoms. The summed E-state index contributed by atoms with van der Waals surface area (Å²) in [5, 5.41) is 9.94. The summed E-state index contributed by atoms with van der Waals surface area (Å²) in [5.41, 5.74) is 0.251. The summed E-state index contributed by atoms with van der Waals surface area (Å²) in [6.45, 7) is 1.59. The van der Waals surface area contributed by atoms with Crippen molar-refractivity contribution in [2.45, 2.75) is 16.7 Å². The normalized spacial score (nSPS) is 12.8. The minimum absolute atomic E-state index is 0.00664. The van der Waals surface area contributed by atoms with Gasteiger partial charge in [-0.25, -0.2) is 21.8 Å². The number of phenols is 1. The molecule has 20 heavy (non-hydrogen) atoms. The van der Waals surface area contributed by atoms with E-state index in [4.69, 9.17) is 21.4 Å². The highest BCUT2D eigenvalue weighted by Crippen LogP contribution is 2.37. The van der Waals surface area contributed by atoms with Crippen LogP contribution in [0.2, 0.25) is 0 Å². The van der Waals surface area contributed by atoms with Crippen LogP contribution >= 0.6 is 21.4 Å². The lowest BCUT2D eigenvalue weighted by atomic mass is 10.2. The third-order valence-electron chi connectivity index (χ3n) is 2.55. The largest absolute Gasteiger partial charge is 0.504 e. The predicted octanol–water partition coefficient (Wildman–Crippen LogP) is 2.10. The average molecular weight is 356 g/mol. The summed E-state index contributed by atoms with van der Waals surface area (Å²) in [6.07, 6.45) is 0. The van der Waals surface area contributed by atoms with E-state index in [1.807, 2.05) is 0 Å². The molecule has 6 nitrogen and oxygen atoms in total. The van der Waals surface area contributed by atoms with Gasteiger partial charge in [-0.2, -0.15) is 0 Å². The van der Waals surface area contributed by atoms with E-state index >= 15 is 0 Å². The van der Waals surface area contributed by atoms with Gasteiger partial charge in [-0.1, -0.05) is 0 Å². The zero-order chi connectivity index (χ0) is 15.3. The standard InChI is InChI=1S/C10H7Cl2NO5S2/c1-5-2-3-6-7(19(11,15)16)4-8(20(12,17)18)10(14)9(6)13-5/h2-4,14H,1H3. The summed E-state index contributed by atoms with van der Waals surface area (Å²) in [4.78, 5) is 2.68.